The number of aromatic nitrogens is 5. The molecule has 7 N–H and O–H groups in total. The molecule has 0 saturated carbocycles. The molecule has 0 radical (unpaired) electrons. The van der Waals surface area contributed by atoms with Crippen molar-refractivity contribution < 1.29 is 47.4 Å². The number of carboxylic acid groups (broad SMARTS) is 1. The number of nitrogens with zero attached hydrogens (tertiary/aromatic N) is 6. The number of nitrogen functional groups attached to an aromatic ring is 1. The van der Waals surface area contributed by atoms with Gasteiger partial charge in [0.1, 0.15) is 12.2 Å². The van der Waals surface area contributed by atoms with E-state index in [-0.39, 0.29) is 20.6 Å². The van der Waals surface area contributed by atoms with E-state index >= 15 is 0 Å². The minimum absolute atomic E-state index is 0.0535. The maximum Gasteiger partial charge on any atom is 0.361 e. The van der Waals surface area contributed by atoms with Crippen LogP contribution in [0, 0.1) is 5.92 Å². The molecule has 1 fully saturated rings. The summed E-state index contributed by atoms with van der Waals surface area (Å²) >= 11 is 0.948. The molecule has 1 atom stereocenters. The molecule has 4 heterocycles. The van der Waals surface area contributed by atoms with Gasteiger partial charge >= 0.3 is 11.7 Å². The number of ketones is 1. The predicted molar refractivity (Wildman–Crippen MR) is 158 cm³/mol. The molecule has 3 aromatic heterocycles. The Labute approximate surface area is 266 Å². The van der Waals surface area contributed by atoms with Gasteiger partial charge in [-0.2, -0.15) is 0 Å². The van der Waals surface area contributed by atoms with Crippen molar-refractivity contribution in [1.29, 1.82) is 0 Å². The fourth-order valence-corrected chi connectivity index (χ4v) is 5.65. The Morgan fingerprint density at radius 3 is 2.47 bits per heavy atom. The van der Waals surface area contributed by atoms with Crippen molar-refractivity contribution >= 4 is 61.7 Å². The van der Waals surface area contributed by atoms with Gasteiger partial charge < -0.3 is 31.5 Å². The van der Waals surface area contributed by atoms with Crippen LogP contribution in [-0.2, 0) is 45.4 Å². The summed E-state index contributed by atoms with van der Waals surface area (Å²) in [5.74, 6) is -9.31. The Morgan fingerprint density at radius 1 is 1.23 bits per heavy atom. The number of imide groups is 1. The number of anilines is 1. The zero-order chi connectivity index (χ0) is 35.0. The van der Waals surface area contributed by atoms with Crippen molar-refractivity contribution in [2.24, 2.45) is 16.8 Å². The molecule has 1 saturated heterocycles. The number of nitrogens with two attached hydrogens (primary N) is 2. The maximum absolute atomic E-state index is 13.1. The third-order valence-electron chi connectivity index (χ3n) is 6.51. The lowest BCUT2D eigenvalue weighted by Gasteiger charge is -2.36. The van der Waals surface area contributed by atoms with E-state index in [1.165, 1.54) is 19.2 Å². The Morgan fingerprint density at radius 2 is 1.91 bits per heavy atom. The van der Waals surface area contributed by atoms with Gasteiger partial charge in [0.15, 0.2) is 34.0 Å². The van der Waals surface area contributed by atoms with Crippen molar-refractivity contribution in [2.45, 2.75) is 32.4 Å². The summed E-state index contributed by atoms with van der Waals surface area (Å²) in [6.07, 6.45) is 0.281. The first kappa shape index (κ1) is 34.2. The third-order valence-corrected chi connectivity index (χ3v) is 8.56. The molecule has 3 amide bonds. The highest BCUT2D eigenvalue weighted by atomic mass is 32.2. The number of oxime groups is 1. The number of aromatic amines is 1. The maximum atomic E-state index is 13.1. The van der Waals surface area contributed by atoms with Gasteiger partial charge in [-0.3, -0.25) is 33.4 Å². The summed E-state index contributed by atoms with van der Waals surface area (Å²) in [4.78, 5) is 98.4. The highest BCUT2D eigenvalue weighted by Gasteiger charge is 2.44. The number of pyridine rings is 1. The van der Waals surface area contributed by atoms with Crippen LogP contribution in [-0.4, -0.2) is 100 Å². The molecule has 250 valence electrons. The number of primary amides is 1. The van der Waals surface area contributed by atoms with Gasteiger partial charge in [-0.15, -0.1) is 20.5 Å². The number of nitrogens with one attached hydrogen (secondary N) is 1. The fourth-order valence-electron chi connectivity index (χ4n) is 3.97. The van der Waals surface area contributed by atoms with Gasteiger partial charge in [0.2, 0.25) is 28.8 Å². The van der Waals surface area contributed by atoms with Crippen LogP contribution in [0.5, 0.6) is 5.75 Å². The molecule has 0 unspecified atom stereocenters. The Bertz CT molecular complexity index is 2070. The fraction of sp³-hybridized carbons (Fsp3) is 0.333. The summed E-state index contributed by atoms with van der Waals surface area (Å²) in [5, 5.41) is 27.4. The lowest BCUT2D eigenvalue weighted by molar-refractivity contribution is -0.161. The molecule has 0 bridgehead atoms. The number of likely N-dealkylation sites (tertiary alicyclic amines) is 1. The number of β-lactam (4-membered cyclic amide) rings is 1. The van der Waals surface area contributed by atoms with E-state index in [2.05, 4.69) is 20.2 Å². The van der Waals surface area contributed by atoms with Gasteiger partial charge in [0.25, 0.3) is 10.0 Å². The van der Waals surface area contributed by atoms with Crippen LogP contribution < -0.4 is 22.6 Å². The number of carbonyl (C=O) groups is 5. The molecule has 4 rings (SSSR count). The lowest BCUT2D eigenvalue weighted by atomic mass is 9.91. The number of carboxylic acids is 1. The van der Waals surface area contributed by atoms with Gasteiger partial charge in [-0.25, -0.2) is 23.0 Å². The number of aliphatic carboxylic acids is 1. The van der Waals surface area contributed by atoms with Gasteiger partial charge in [-0.05, 0) is 13.8 Å². The molecule has 3 aromatic rings. The number of hydrogen-bond acceptors (Lipinski definition) is 16. The van der Waals surface area contributed by atoms with Gasteiger partial charge in [0, 0.05) is 30.6 Å². The third kappa shape index (κ3) is 7.09. The number of aromatic hydroxyl groups is 1. The summed E-state index contributed by atoms with van der Waals surface area (Å²) in [5.41, 5.74) is 5.80. The monoisotopic (exact) mass is 695 g/mol. The number of carbonyl (C=O) groups excluding carboxylic acids is 4. The highest BCUT2D eigenvalue weighted by molar-refractivity contribution is 7.90. The molecule has 0 aromatic carbocycles. The number of H-pyrrole nitrogens is 1. The second-order valence-electron chi connectivity index (χ2n) is 10.4. The van der Waals surface area contributed by atoms with E-state index < -0.39 is 105 Å². The van der Waals surface area contributed by atoms with Gasteiger partial charge in [-0.1, -0.05) is 5.16 Å². The van der Waals surface area contributed by atoms with E-state index in [1.54, 1.807) is 0 Å². The van der Waals surface area contributed by atoms with E-state index in [0.717, 1.165) is 23.6 Å². The molecule has 21 nitrogen and oxygen atoms in total. The SMILES string of the molecule is CC(C)(O/N=C(\C(=O)C[C@H]1CN(C(=O)CS(=O)(=O)n2nc(-c3cc(=O)c(O)c[nH]3)n(CC(N)=O)c2=O)C1=O)c1csc(N)n1)C(=O)O. The van der Waals surface area contributed by atoms with E-state index in [1.807, 2.05) is 0 Å². The molecule has 23 heteroatoms. The number of amides is 3. The summed E-state index contributed by atoms with van der Waals surface area (Å²) in [6.45, 7) is 1.07. The molecule has 1 aliphatic rings. The molecule has 1 aliphatic heterocycles. The van der Waals surface area contributed by atoms with Crippen LogP contribution in [0.1, 0.15) is 26.0 Å². The number of Topliss-reactive ketones (excluding diaryl/α,β-unsaturated/α-hetero) is 1. The Hall–Kier alpha value is -5.71. The normalized spacial score (nSPS) is 15.3. The van der Waals surface area contributed by atoms with Gasteiger partial charge in [0.05, 0.1) is 11.6 Å². The topological polar surface area (TPSA) is 322 Å². The van der Waals surface area contributed by atoms with Crippen LogP contribution in [0.25, 0.3) is 11.5 Å². The standard InChI is InChI=1S/C24H25N9O12S2/c1-24(2,21(40)41)45-30-18(12-8-46-22(26)28-12)14(35)3-10-6-31(20(10)39)17(38)9-47(43,44)33-23(42)32(7-16(25)37)19(29-33)11-4-13(34)15(36)5-27-11/h4-5,8,10,36H,3,6-7,9H2,1-2H3,(H2,25,37)(H2,26,28)(H,27,34)(H,40,41)/b30-18-/t10-/m0/s1. The second kappa shape index (κ2) is 12.6. The van der Waals surface area contributed by atoms with Crippen LogP contribution >= 0.6 is 11.3 Å². The van der Waals surface area contributed by atoms with Crippen molar-refractivity contribution in [1.82, 2.24) is 28.6 Å². The lowest BCUT2D eigenvalue weighted by Crippen LogP contribution is -2.57. The molecule has 0 spiro atoms. The average molecular weight is 696 g/mol. The largest absolute Gasteiger partial charge is 0.503 e. The van der Waals surface area contributed by atoms with Crippen LogP contribution in [0.3, 0.4) is 0 Å². The van der Waals surface area contributed by atoms with Crippen molar-refractivity contribution in [3.63, 3.8) is 0 Å². The summed E-state index contributed by atoms with van der Waals surface area (Å²) < 4.78 is 26.6. The number of hydrogen-bond donors (Lipinski definition) is 5. The van der Waals surface area contributed by atoms with Crippen molar-refractivity contribution in [2.75, 3.05) is 18.0 Å². The molecular formula is C24H25N9O12S2. The minimum atomic E-state index is -4.95. The highest BCUT2D eigenvalue weighted by Crippen LogP contribution is 2.24. The summed E-state index contributed by atoms with van der Waals surface area (Å²) in [6, 6.07) is 0.773. The smallest absolute Gasteiger partial charge is 0.361 e. The quantitative estimate of drug-likeness (QED) is 0.0677. The van der Waals surface area contributed by atoms with E-state index in [9.17, 15) is 52.2 Å². The molecule has 47 heavy (non-hydrogen) atoms. The minimum Gasteiger partial charge on any atom is -0.503 e. The zero-order valence-electron chi connectivity index (χ0n) is 24.3. The molecular weight excluding hydrogens is 670 g/mol. The van der Waals surface area contributed by atoms with E-state index in [4.69, 9.17) is 16.3 Å². The average Bonchev–Trinajstić information content (AvgIpc) is 3.54. The Balaban J connectivity index is 1.51. The zero-order valence-corrected chi connectivity index (χ0v) is 25.9. The van der Waals surface area contributed by atoms with Crippen LogP contribution in [0.2, 0.25) is 0 Å². The number of thiazole rings is 1. The molecule has 0 aliphatic carbocycles. The first-order valence-corrected chi connectivity index (χ1v) is 15.5. The number of rotatable bonds is 13. The van der Waals surface area contributed by atoms with Crippen molar-refractivity contribution in [3.8, 4) is 17.3 Å². The van der Waals surface area contributed by atoms with E-state index in [0.29, 0.717) is 9.47 Å². The van der Waals surface area contributed by atoms with Crippen molar-refractivity contribution in [3.05, 3.63) is 44.0 Å². The summed E-state index contributed by atoms with van der Waals surface area (Å²) in [7, 11) is -4.95. The van der Waals surface area contributed by atoms with Crippen LogP contribution in [0.15, 0.2) is 32.4 Å². The first-order chi connectivity index (χ1) is 21.8. The Kier molecular flexibility index (Phi) is 9.15. The first-order valence-electron chi connectivity index (χ1n) is 13.0. The van der Waals surface area contributed by atoms with Crippen LogP contribution in [0.4, 0.5) is 5.13 Å². The predicted octanol–water partition coefficient (Wildman–Crippen LogP) is -2.96. The second-order valence-corrected chi connectivity index (χ2v) is 13.1.